The van der Waals surface area contributed by atoms with Gasteiger partial charge in [0, 0.05) is 32.7 Å². The molecule has 2 heterocycles. The summed E-state index contributed by atoms with van der Waals surface area (Å²) in [7, 11) is 2.08. The average molecular weight is 441 g/mol. The summed E-state index contributed by atoms with van der Waals surface area (Å²) in [5, 5.41) is 1.01. The van der Waals surface area contributed by atoms with Crippen molar-refractivity contribution in [2.45, 2.75) is 56.0 Å². The molecular formula is C24H32N4O2S. The molecule has 31 heavy (non-hydrogen) atoms. The maximum Gasteiger partial charge on any atom is 0.262 e. The number of hydrogen-bond donors (Lipinski definition) is 0. The second-order valence-corrected chi connectivity index (χ2v) is 9.92. The summed E-state index contributed by atoms with van der Waals surface area (Å²) in [5.41, 5.74) is 2.12. The summed E-state index contributed by atoms with van der Waals surface area (Å²) in [4.78, 5) is 35.3. The van der Waals surface area contributed by atoms with Gasteiger partial charge in [-0.25, -0.2) is 4.98 Å². The summed E-state index contributed by atoms with van der Waals surface area (Å²) in [6.07, 6.45) is 7.95. The molecule has 2 aromatic rings. The molecular weight excluding hydrogens is 408 g/mol. The van der Waals surface area contributed by atoms with E-state index in [0.717, 1.165) is 45.4 Å². The van der Waals surface area contributed by atoms with Crippen molar-refractivity contribution < 1.29 is 4.79 Å². The van der Waals surface area contributed by atoms with Crippen LogP contribution in [0.4, 0.5) is 0 Å². The minimum Gasteiger partial charge on any atom is -0.339 e. The van der Waals surface area contributed by atoms with Crippen molar-refractivity contribution >= 4 is 28.6 Å². The molecule has 1 aliphatic heterocycles. The van der Waals surface area contributed by atoms with Crippen LogP contribution in [-0.4, -0.2) is 63.7 Å². The molecule has 1 aromatic heterocycles. The fourth-order valence-corrected chi connectivity index (χ4v) is 5.33. The lowest BCUT2D eigenvalue weighted by molar-refractivity contribution is -0.131. The molecule has 0 bridgehead atoms. The first-order valence-electron chi connectivity index (χ1n) is 11.3. The first-order valence-corrected chi connectivity index (χ1v) is 12.2. The van der Waals surface area contributed by atoms with Crippen molar-refractivity contribution in [3.05, 3.63) is 46.3 Å². The normalized spacial score (nSPS) is 18.8. The molecule has 1 atom stereocenters. The number of nitrogens with zero attached hydrogens (tertiary/aromatic N) is 4. The second-order valence-electron chi connectivity index (χ2n) is 8.62. The van der Waals surface area contributed by atoms with Crippen molar-refractivity contribution in [1.82, 2.24) is 19.4 Å². The molecule has 1 fully saturated rings. The van der Waals surface area contributed by atoms with Gasteiger partial charge in [-0.05, 0) is 58.2 Å². The number of hydrogen-bond acceptors (Lipinski definition) is 5. The van der Waals surface area contributed by atoms with Crippen molar-refractivity contribution in [3.8, 4) is 0 Å². The van der Waals surface area contributed by atoms with Gasteiger partial charge in [0.2, 0.25) is 5.91 Å². The lowest BCUT2D eigenvalue weighted by Crippen LogP contribution is -2.49. The molecule has 0 N–H and O–H groups in total. The molecule has 0 saturated carbocycles. The third kappa shape index (κ3) is 5.21. The van der Waals surface area contributed by atoms with Crippen LogP contribution in [-0.2, 0) is 11.3 Å². The number of para-hydroxylation sites is 1. The van der Waals surface area contributed by atoms with E-state index in [1.54, 1.807) is 4.57 Å². The molecule has 4 rings (SSSR count). The van der Waals surface area contributed by atoms with E-state index >= 15 is 0 Å². The quantitative estimate of drug-likeness (QED) is 0.391. The zero-order valence-corrected chi connectivity index (χ0v) is 19.4. The molecule has 2 aliphatic rings. The smallest absolute Gasteiger partial charge is 0.262 e. The van der Waals surface area contributed by atoms with Gasteiger partial charge in [0.15, 0.2) is 5.16 Å². The van der Waals surface area contributed by atoms with Crippen LogP contribution in [0.1, 0.15) is 39.0 Å². The summed E-state index contributed by atoms with van der Waals surface area (Å²) >= 11 is 1.42. The highest BCUT2D eigenvalue weighted by molar-refractivity contribution is 8.00. The van der Waals surface area contributed by atoms with E-state index < -0.39 is 0 Å². The second kappa shape index (κ2) is 10.0. The van der Waals surface area contributed by atoms with Crippen LogP contribution in [0.3, 0.4) is 0 Å². The number of rotatable bonds is 6. The fraction of sp³-hybridized carbons (Fsp3) is 0.542. The number of carbonyl (C=O) groups excluding carboxylic acids is 1. The largest absolute Gasteiger partial charge is 0.339 e. The maximum atomic E-state index is 13.3. The van der Waals surface area contributed by atoms with Gasteiger partial charge in [-0.2, -0.15) is 0 Å². The number of allylic oxidation sites excluding steroid dienone is 2. The first kappa shape index (κ1) is 22.1. The summed E-state index contributed by atoms with van der Waals surface area (Å²) in [6, 6.07) is 7.50. The van der Waals surface area contributed by atoms with Crippen molar-refractivity contribution in [3.63, 3.8) is 0 Å². The number of carbonyl (C=O) groups is 1. The van der Waals surface area contributed by atoms with Crippen molar-refractivity contribution in [2.24, 2.45) is 0 Å². The van der Waals surface area contributed by atoms with E-state index in [2.05, 4.69) is 18.0 Å². The number of likely N-dealkylation sites (N-methyl/N-ethyl adjacent to an activating group) is 1. The fourth-order valence-electron chi connectivity index (χ4n) is 4.31. The SMILES string of the molecule is CC(Sc1nc2ccccc2c(=O)n1CCC1=CCCCC1)C(=O)N1CCN(C)CC1. The Kier molecular flexibility index (Phi) is 7.13. The van der Waals surface area contributed by atoms with Crippen LogP contribution < -0.4 is 5.56 Å². The molecule has 1 saturated heterocycles. The van der Waals surface area contributed by atoms with Crippen LogP contribution in [0.5, 0.6) is 0 Å². The van der Waals surface area contributed by atoms with E-state index in [4.69, 9.17) is 4.98 Å². The standard InChI is InChI=1S/C24H32N4O2S/c1-18(22(29)27-16-14-26(2)15-17-27)31-24-25-21-11-7-6-10-20(21)23(30)28(24)13-12-19-8-4-3-5-9-19/h6-8,10-11,18H,3-5,9,12-17H2,1-2H3. The van der Waals surface area contributed by atoms with Gasteiger partial charge < -0.3 is 9.80 Å². The monoisotopic (exact) mass is 440 g/mol. The number of aromatic nitrogens is 2. The van der Waals surface area contributed by atoms with Gasteiger partial charge in [-0.3, -0.25) is 14.2 Å². The summed E-state index contributed by atoms with van der Waals surface area (Å²) in [5.74, 6) is 0.127. The molecule has 0 radical (unpaired) electrons. The molecule has 0 spiro atoms. The molecule has 1 aromatic carbocycles. The summed E-state index contributed by atoms with van der Waals surface area (Å²) in [6.45, 7) is 5.86. The van der Waals surface area contributed by atoms with Crippen molar-refractivity contribution in [1.29, 1.82) is 0 Å². The third-order valence-corrected chi connectivity index (χ3v) is 7.39. The van der Waals surface area contributed by atoms with E-state index in [1.165, 1.54) is 30.2 Å². The van der Waals surface area contributed by atoms with E-state index in [1.807, 2.05) is 36.1 Å². The highest BCUT2D eigenvalue weighted by atomic mass is 32.2. The van der Waals surface area contributed by atoms with Crippen LogP contribution in [0, 0.1) is 0 Å². The Labute approximate surface area is 188 Å². The maximum absolute atomic E-state index is 13.3. The molecule has 6 nitrogen and oxygen atoms in total. The van der Waals surface area contributed by atoms with E-state index in [0.29, 0.717) is 22.6 Å². The van der Waals surface area contributed by atoms with Gasteiger partial charge in [0.1, 0.15) is 0 Å². The minimum absolute atomic E-state index is 0.0104. The Morgan fingerprint density at radius 1 is 1.16 bits per heavy atom. The summed E-state index contributed by atoms with van der Waals surface area (Å²) < 4.78 is 1.79. The Bertz CT molecular complexity index is 1020. The minimum atomic E-state index is -0.281. The van der Waals surface area contributed by atoms with Gasteiger partial charge in [0.25, 0.3) is 5.56 Å². The van der Waals surface area contributed by atoms with Gasteiger partial charge in [-0.15, -0.1) is 0 Å². The zero-order valence-electron chi connectivity index (χ0n) is 18.5. The Hall–Kier alpha value is -2.12. The first-order chi connectivity index (χ1) is 15.0. The van der Waals surface area contributed by atoms with Gasteiger partial charge in [0.05, 0.1) is 16.2 Å². The third-order valence-electron chi connectivity index (χ3n) is 6.31. The molecule has 1 aliphatic carbocycles. The van der Waals surface area contributed by atoms with Crippen LogP contribution in [0.2, 0.25) is 0 Å². The van der Waals surface area contributed by atoms with Crippen LogP contribution in [0.25, 0.3) is 10.9 Å². The number of fused-ring (bicyclic) bond motifs is 1. The Balaban J connectivity index is 1.58. The molecule has 1 unspecified atom stereocenters. The molecule has 7 heteroatoms. The zero-order chi connectivity index (χ0) is 21.8. The number of amides is 1. The van der Waals surface area contributed by atoms with E-state index in [9.17, 15) is 9.59 Å². The van der Waals surface area contributed by atoms with Crippen LogP contribution in [0.15, 0.2) is 45.9 Å². The van der Waals surface area contributed by atoms with Crippen molar-refractivity contribution in [2.75, 3.05) is 33.2 Å². The highest BCUT2D eigenvalue weighted by Crippen LogP contribution is 2.26. The van der Waals surface area contributed by atoms with E-state index in [-0.39, 0.29) is 16.7 Å². The van der Waals surface area contributed by atoms with Gasteiger partial charge >= 0.3 is 0 Å². The lowest BCUT2D eigenvalue weighted by atomic mass is 9.97. The Morgan fingerprint density at radius 2 is 1.94 bits per heavy atom. The lowest BCUT2D eigenvalue weighted by Gasteiger charge is -2.33. The number of benzene rings is 1. The average Bonchev–Trinajstić information content (AvgIpc) is 2.79. The highest BCUT2D eigenvalue weighted by Gasteiger charge is 2.26. The number of piperazine rings is 1. The molecule has 1 amide bonds. The predicted octanol–water partition coefficient (Wildman–Crippen LogP) is 3.54. The Morgan fingerprint density at radius 3 is 2.68 bits per heavy atom. The number of thioether (sulfide) groups is 1. The van der Waals surface area contributed by atoms with Gasteiger partial charge in [-0.1, -0.05) is 35.5 Å². The van der Waals surface area contributed by atoms with Crippen LogP contribution >= 0.6 is 11.8 Å². The molecule has 166 valence electrons. The topological polar surface area (TPSA) is 58.4 Å². The predicted molar refractivity (Wildman–Crippen MR) is 127 cm³/mol.